The van der Waals surface area contributed by atoms with Gasteiger partial charge in [-0.2, -0.15) is 0 Å². The zero-order valence-electron chi connectivity index (χ0n) is 10.6. The second-order valence-electron chi connectivity index (χ2n) is 4.98. The third-order valence-corrected chi connectivity index (χ3v) is 4.60. The van der Waals surface area contributed by atoms with E-state index in [1.54, 1.807) is 11.3 Å². The number of fused-ring (bicyclic) bond motifs is 1. The van der Waals surface area contributed by atoms with Gasteiger partial charge in [-0.05, 0) is 64.5 Å². The molecule has 0 fully saturated rings. The van der Waals surface area contributed by atoms with Crippen LogP contribution in [0.5, 0.6) is 0 Å². The van der Waals surface area contributed by atoms with E-state index >= 15 is 0 Å². The van der Waals surface area contributed by atoms with Crippen molar-refractivity contribution in [2.75, 3.05) is 27.2 Å². The van der Waals surface area contributed by atoms with Gasteiger partial charge in [0, 0.05) is 10.9 Å². The van der Waals surface area contributed by atoms with Crippen molar-refractivity contribution in [1.29, 1.82) is 0 Å². The molecule has 1 aromatic rings. The predicted molar refractivity (Wildman–Crippen MR) is 76.2 cm³/mol. The second kappa shape index (κ2) is 6.19. The summed E-state index contributed by atoms with van der Waals surface area (Å²) >= 11 is 7.86. The summed E-state index contributed by atoms with van der Waals surface area (Å²) < 4.78 is 0.942. The van der Waals surface area contributed by atoms with Crippen molar-refractivity contribution in [3.8, 4) is 0 Å². The van der Waals surface area contributed by atoms with Gasteiger partial charge in [0.05, 0.1) is 4.34 Å². The zero-order chi connectivity index (χ0) is 12.3. The molecule has 0 radical (unpaired) electrons. The van der Waals surface area contributed by atoms with Crippen molar-refractivity contribution in [2.45, 2.75) is 31.7 Å². The highest BCUT2D eigenvalue weighted by atomic mass is 35.5. The smallest absolute Gasteiger partial charge is 0.0934 e. The van der Waals surface area contributed by atoms with Gasteiger partial charge in [-0.15, -0.1) is 11.3 Å². The SMILES string of the molecule is CN(C)CCCNC1CCCc2sc(Cl)cc21. The number of hydrogen-bond donors (Lipinski definition) is 1. The molecule has 0 aliphatic heterocycles. The van der Waals surface area contributed by atoms with Crippen LogP contribution in [0.2, 0.25) is 4.34 Å². The Bertz CT molecular complexity index is 362. The van der Waals surface area contributed by atoms with Crippen molar-refractivity contribution in [2.24, 2.45) is 0 Å². The molecule has 1 aliphatic rings. The van der Waals surface area contributed by atoms with Crippen LogP contribution in [-0.4, -0.2) is 32.1 Å². The zero-order valence-corrected chi connectivity index (χ0v) is 12.2. The van der Waals surface area contributed by atoms with Crippen molar-refractivity contribution in [3.63, 3.8) is 0 Å². The lowest BCUT2D eigenvalue weighted by Crippen LogP contribution is -2.27. The Morgan fingerprint density at radius 1 is 1.53 bits per heavy atom. The normalized spacial score (nSPS) is 19.6. The minimum absolute atomic E-state index is 0.532. The van der Waals surface area contributed by atoms with Crippen LogP contribution in [0, 0.1) is 0 Å². The van der Waals surface area contributed by atoms with E-state index in [4.69, 9.17) is 11.6 Å². The maximum absolute atomic E-state index is 6.10. The molecule has 0 aromatic carbocycles. The Morgan fingerprint density at radius 3 is 3.12 bits per heavy atom. The topological polar surface area (TPSA) is 15.3 Å². The quantitative estimate of drug-likeness (QED) is 0.828. The maximum Gasteiger partial charge on any atom is 0.0934 e. The number of nitrogens with zero attached hydrogens (tertiary/aromatic N) is 1. The fourth-order valence-corrected chi connectivity index (χ4v) is 3.79. The average Bonchev–Trinajstić information content (AvgIpc) is 2.65. The third-order valence-electron chi connectivity index (χ3n) is 3.26. The molecular formula is C13H21ClN2S. The lowest BCUT2D eigenvalue weighted by Gasteiger charge is -2.24. The van der Waals surface area contributed by atoms with Crippen LogP contribution in [0.25, 0.3) is 0 Å². The van der Waals surface area contributed by atoms with E-state index in [1.807, 2.05) is 0 Å². The molecule has 0 saturated carbocycles. The van der Waals surface area contributed by atoms with Crippen molar-refractivity contribution >= 4 is 22.9 Å². The maximum atomic E-state index is 6.10. The summed E-state index contributed by atoms with van der Waals surface area (Å²) in [4.78, 5) is 3.72. The first kappa shape index (κ1) is 13.3. The summed E-state index contributed by atoms with van der Waals surface area (Å²) in [5.41, 5.74) is 1.45. The molecule has 1 N–H and O–H groups in total. The fourth-order valence-electron chi connectivity index (χ4n) is 2.40. The molecule has 96 valence electrons. The molecule has 1 unspecified atom stereocenters. The Hall–Kier alpha value is -0.0900. The van der Waals surface area contributed by atoms with E-state index in [0.717, 1.165) is 17.4 Å². The van der Waals surface area contributed by atoms with E-state index in [0.29, 0.717) is 6.04 Å². The second-order valence-corrected chi connectivity index (χ2v) is 6.75. The Morgan fingerprint density at radius 2 is 2.35 bits per heavy atom. The minimum atomic E-state index is 0.532. The number of thiophene rings is 1. The van der Waals surface area contributed by atoms with Crippen LogP contribution in [0.1, 0.15) is 35.7 Å². The number of halogens is 1. The van der Waals surface area contributed by atoms with Gasteiger partial charge in [0.2, 0.25) is 0 Å². The number of aryl methyl sites for hydroxylation is 1. The summed E-state index contributed by atoms with van der Waals surface area (Å²) in [5.74, 6) is 0. The van der Waals surface area contributed by atoms with E-state index in [1.165, 1.54) is 36.1 Å². The number of hydrogen-bond acceptors (Lipinski definition) is 3. The van der Waals surface area contributed by atoms with Crippen LogP contribution in [-0.2, 0) is 6.42 Å². The highest BCUT2D eigenvalue weighted by molar-refractivity contribution is 7.16. The molecule has 4 heteroatoms. The lowest BCUT2D eigenvalue weighted by molar-refractivity contribution is 0.379. The lowest BCUT2D eigenvalue weighted by atomic mass is 9.94. The summed E-state index contributed by atoms with van der Waals surface area (Å²) in [6, 6.07) is 2.69. The van der Waals surface area contributed by atoms with Crippen LogP contribution in [0.3, 0.4) is 0 Å². The summed E-state index contributed by atoms with van der Waals surface area (Å²) in [6.07, 6.45) is 4.95. The van der Waals surface area contributed by atoms with Crippen LogP contribution >= 0.6 is 22.9 Å². The van der Waals surface area contributed by atoms with Gasteiger partial charge in [0.25, 0.3) is 0 Å². The highest BCUT2D eigenvalue weighted by Gasteiger charge is 2.21. The monoisotopic (exact) mass is 272 g/mol. The molecule has 1 heterocycles. The summed E-state index contributed by atoms with van der Waals surface area (Å²) in [7, 11) is 4.24. The van der Waals surface area contributed by atoms with Crippen LogP contribution in [0.4, 0.5) is 0 Å². The van der Waals surface area contributed by atoms with E-state index in [-0.39, 0.29) is 0 Å². The van der Waals surface area contributed by atoms with Gasteiger partial charge in [0.1, 0.15) is 0 Å². The molecule has 2 rings (SSSR count). The van der Waals surface area contributed by atoms with Gasteiger partial charge in [0.15, 0.2) is 0 Å². The molecule has 1 aromatic heterocycles. The molecule has 1 atom stereocenters. The molecule has 17 heavy (non-hydrogen) atoms. The van der Waals surface area contributed by atoms with Crippen molar-refractivity contribution in [3.05, 3.63) is 20.8 Å². The molecular weight excluding hydrogens is 252 g/mol. The molecule has 0 amide bonds. The van der Waals surface area contributed by atoms with Gasteiger partial charge < -0.3 is 10.2 Å². The Labute approximate surface area is 113 Å². The van der Waals surface area contributed by atoms with E-state index in [2.05, 4.69) is 30.4 Å². The van der Waals surface area contributed by atoms with Crippen LogP contribution in [0.15, 0.2) is 6.07 Å². The average molecular weight is 273 g/mol. The first-order valence-electron chi connectivity index (χ1n) is 6.33. The fraction of sp³-hybridized carbons (Fsp3) is 0.692. The van der Waals surface area contributed by atoms with E-state index in [9.17, 15) is 0 Å². The molecule has 1 aliphatic carbocycles. The van der Waals surface area contributed by atoms with Crippen molar-refractivity contribution < 1.29 is 0 Å². The Balaban J connectivity index is 1.86. The van der Waals surface area contributed by atoms with Crippen molar-refractivity contribution in [1.82, 2.24) is 10.2 Å². The predicted octanol–water partition coefficient (Wildman–Crippen LogP) is 3.32. The molecule has 0 bridgehead atoms. The summed E-state index contributed by atoms with van der Waals surface area (Å²) in [6.45, 7) is 2.24. The van der Waals surface area contributed by atoms with Gasteiger partial charge >= 0.3 is 0 Å². The van der Waals surface area contributed by atoms with E-state index < -0.39 is 0 Å². The first-order valence-corrected chi connectivity index (χ1v) is 7.52. The number of nitrogens with one attached hydrogen (secondary N) is 1. The van der Waals surface area contributed by atoms with Gasteiger partial charge in [-0.3, -0.25) is 0 Å². The molecule has 0 saturated heterocycles. The van der Waals surface area contributed by atoms with Crippen LogP contribution < -0.4 is 5.32 Å². The molecule has 2 nitrogen and oxygen atoms in total. The van der Waals surface area contributed by atoms with Gasteiger partial charge in [-0.1, -0.05) is 11.6 Å². The Kier molecular flexibility index (Phi) is 4.86. The van der Waals surface area contributed by atoms with Gasteiger partial charge in [-0.25, -0.2) is 0 Å². The molecule has 0 spiro atoms. The highest BCUT2D eigenvalue weighted by Crippen LogP contribution is 2.37. The minimum Gasteiger partial charge on any atom is -0.310 e. The number of rotatable bonds is 5. The third kappa shape index (κ3) is 3.68. The summed E-state index contributed by atoms with van der Waals surface area (Å²) in [5, 5.41) is 3.67. The largest absolute Gasteiger partial charge is 0.310 e. The standard InChI is InChI=1S/C13H21ClN2S/c1-16(2)8-4-7-15-11-5-3-6-12-10(11)9-13(14)17-12/h9,11,15H,3-8H2,1-2H3. The first-order chi connectivity index (χ1) is 8.16.